The van der Waals surface area contributed by atoms with Crippen LogP contribution in [0.15, 0.2) is 17.5 Å². The molecule has 0 saturated carbocycles. The van der Waals surface area contributed by atoms with Crippen molar-refractivity contribution in [3.05, 3.63) is 22.4 Å². The van der Waals surface area contributed by atoms with E-state index in [1.54, 1.807) is 11.3 Å². The van der Waals surface area contributed by atoms with Crippen LogP contribution in [0.5, 0.6) is 0 Å². The molecule has 3 heterocycles. The Kier molecular flexibility index (Phi) is 2.78. The van der Waals surface area contributed by atoms with Crippen LogP contribution in [0.4, 0.5) is 0 Å². The van der Waals surface area contributed by atoms with Gasteiger partial charge in [0.15, 0.2) is 0 Å². The number of hydrogen-bond donors (Lipinski definition) is 1. The Bertz CT molecular complexity index is 337. The normalized spacial score (nSPS) is 36.5. The van der Waals surface area contributed by atoms with Crippen molar-refractivity contribution >= 4 is 11.3 Å². The van der Waals surface area contributed by atoms with Crippen molar-refractivity contribution in [2.45, 2.75) is 43.9 Å². The maximum Gasteiger partial charge on any atom is 0.0911 e. The molecule has 3 unspecified atom stereocenters. The molecule has 1 aromatic rings. The van der Waals surface area contributed by atoms with Crippen molar-refractivity contribution < 1.29 is 5.11 Å². The first-order chi connectivity index (χ1) is 7.75. The number of nitrogens with zero attached hydrogens (tertiary/aromatic N) is 1. The fourth-order valence-electron chi connectivity index (χ4n) is 3.40. The molecule has 2 nitrogen and oxygen atoms in total. The lowest BCUT2D eigenvalue weighted by Gasteiger charge is -2.38. The van der Waals surface area contributed by atoms with Crippen LogP contribution < -0.4 is 0 Å². The Balaban J connectivity index is 1.73. The summed E-state index contributed by atoms with van der Waals surface area (Å²) in [6, 6.07) is 5.54. The van der Waals surface area contributed by atoms with E-state index in [-0.39, 0.29) is 6.10 Å². The van der Waals surface area contributed by atoms with Crippen molar-refractivity contribution in [1.29, 1.82) is 0 Å². The van der Waals surface area contributed by atoms with Gasteiger partial charge in [0.25, 0.3) is 0 Å². The van der Waals surface area contributed by atoms with Crippen molar-refractivity contribution in [2.24, 2.45) is 5.92 Å². The lowest BCUT2D eigenvalue weighted by molar-refractivity contribution is 0.0376. The Hall–Kier alpha value is -0.380. The molecule has 3 atom stereocenters. The second kappa shape index (κ2) is 4.13. The van der Waals surface area contributed by atoms with Gasteiger partial charge in [0.1, 0.15) is 0 Å². The summed E-state index contributed by atoms with van der Waals surface area (Å²) in [4.78, 5) is 3.67. The lowest BCUT2D eigenvalue weighted by Crippen LogP contribution is -2.41. The second-order valence-corrected chi connectivity index (χ2v) is 6.22. The van der Waals surface area contributed by atoms with E-state index in [1.807, 2.05) is 6.07 Å². The molecule has 0 amide bonds. The molecule has 0 radical (unpaired) electrons. The van der Waals surface area contributed by atoms with E-state index in [0.29, 0.717) is 5.92 Å². The van der Waals surface area contributed by atoms with Gasteiger partial charge in [-0.3, -0.25) is 0 Å². The summed E-state index contributed by atoms with van der Waals surface area (Å²) < 4.78 is 0. The third-order valence-electron chi connectivity index (χ3n) is 4.42. The van der Waals surface area contributed by atoms with Crippen LogP contribution in [0, 0.1) is 5.92 Å². The van der Waals surface area contributed by atoms with Gasteiger partial charge in [0.05, 0.1) is 6.10 Å². The van der Waals surface area contributed by atoms with Gasteiger partial charge < -0.3 is 10.0 Å². The number of aliphatic hydroxyl groups excluding tert-OH is 1. The number of rotatable bonds is 2. The predicted octanol–water partition coefficient (Wildman–Crippen LogP) is 2.65. The van der Waals surface area contributed by atoms with E-state index in [9.17, 15) is 5.11 Å². The standard InChI is InChI=1S/C13H19NOS/c1-14-10-4-5-11(14)8-9(7-10)13(15)12-3-2-6-16-12/h2-3,6,9-11,13,15H,4-5,7-8H2,1H3. The highest BCUT2D eigenvalue weighted by atomic mass is 32.1. The Morgan fingerprint density at radius 2 is 2.06 bits per heavy atom. The summed E-state index contributed by atoms with van der Waals surface area (Å²) in [7, 11) is 2.25. The largest absolute Gasteiger partial charge is 0.387 e. The van der Waals surface area contributed by atoms with Crippen LogP contribution in [-0.4, -0.2) is 29.1 Å². The number of piperidine rings is 1. The van der Waals surface area contributed by atoms with Crippen molar-refractivity contribution in [1.82, 2.24) is 4.90 Å². The summed E-state index contributed by atoms with van der Waals surface area (Å²) >= 11 is 1.68. The zero-order valence-electron chi connectivity index (χ0n) is 9.67. The molecule has 0 aliphatic carbocycles. The molecule has 0 spiro atoms. The molecule has 2 bridgehead atoms. The Morgan fingerprint density at radius 3 is 2.62 bits per heavy atom. The van der Waals surface area contributed by atoms with Gasteiger partial charge in [-0.2, -0.15) is 0 Å². The highest BCUT2D eigenvalue weighted by Crippen LogP contribution is 2.43. The quantitative estimate of drug-likeness (QED) is 0.855. The minimum atomic E-state index is -0.225. The van der Waals surface area contributed by atoms with E-state index in [0.717, 1.165) is 17.0 Å². The molecule has 2 aliphatic rings. The summed E-state index contributed by atoms with van der Waals surface area (Å²) in [6.45, 7) is 0. The highest BCUT2D eigenvalue weighted by Gasteiger charge is 2.41. The van der Waals surface area contributed by atoms with E-state index < -0.39 is 0 Å². The third-order valence-corrected chi connectivity index (χ3v) is 5.36. The first-order valence-corrected chi connectivity index (χ1v) is 7.07. The summed E-state index contributed by atoms with van der Waals surface area (Å²) in [5.41, 5.74) is 0. The van der Waals surface area contributed by atoms with Crippen LogP contribution in [0.2, 0.25) is 0 Å². The molecule has 3 rings (SSSR count). The van der Waals surface area contributed by atoms with Crippen molar-refractivity contribution in [3.8, 4) is 0 Å². The van der Waals surface area contributed by atoms with E-state index in [2.05, 4.69) is 23.4 Å². The van der Waals surface area contributed by atoms with Gasteiger partial charge in [0.2, 0.25) is 0 Å². The topological polar surface area (TPSA) is 23.5 Å². The first kappa shape index (κ1) is 10.8. The molecular weight excluding hydrogens is 218 g/mol. The van der Waals surface area contributed by atoms with Crippen molar-refractivity contribution in [2.75, 3.05) is 7.05 Å². The molecule has 16 heavy (non-hydrogen) atoms. The lowest BCUT2D eigenvalue weighted by atomic mass is 9.86. The maximum atomic E-state index is 10.4. The van der Waals surface area contributed by atoms with Gasteiger partial charge in [-0.05, 0) is 50.1 Å². The average Bonchev–Trinajstić information content (AvgIpc) is 2.85. The second-order valence-electron chi connectivity index (χ2n) is 5.24. The smallest absolute Gasteiger partial charge is 0.0911 e. The molecule has 1 N–H and O–H groups in total. The number of aliphatic hydroxyl groups is 1. The summed E-state index contributed by atoms with van der Waals surface area (Å²) in [6.07, 6.45) is 4.78. The minimum absolute atomic E-state index is 0.225. The third kappa shape index (κ3) is 1.71. The molecular formula is C13H19NOS. The van der Waals surface area contributed by atoms with Gasteiger partial charge in [-0.15, -0.1) is 11.3 Å². The number of thiophene rings is 1. The van der Waals surface area contributed by atoms with Crippen molar-refractivity contribution in [3.63, 3.8) is 0 Å². The summed E-state index contributed by atoms with van der Waals surface area (Å²) in [5, 5.41) is 12.4. The van der Waals surface area contributed by atoms with Crippen LogP contribution in [0.25, 0.3) is 0 Å². The van der Waals surface area contributed by atoms with E-state index >= 15 is 0 Å². The van der Waals surface area contributed by atoms with Gasteiger partial charge >= 0.3 is 0 Å². The predicted molar refractivity (Wildman–Crippen MR) is 66.6 cm³/mol. The van der Waals surface area contributed by atoms with Gasteiger partial charge in [0, 0.05) is 17.0 Å². The average molecular weight is 237 g/mol. The van der Waals surface area contributed by atoms with Gasteiger partial charge in [-0.25, -0.2) is 0 Å². The molecule has 2 fully saturated rings. The van der Waals surface area contributed by atoms with Crippen LogP contribution in [-0.2, 0) is 0 Å². The van der Waals surface area contributed by atoms with Crippen LogP contribution in [0.3, 0.4) is 0 Å². The molecule has 1 aromatic heterocycles. The Labute approximate surface area is 101 Å². The molecule has 3 heteroatoms. The zero-order chi connectivity index (χ0) is 11.1. The monoisotopic (exact) mass is 237 g/mol. The minimum Gasteiger partial charge on any atom is -0.387 e. The van der Waals surface area contributed by atoms with E-state index in [4.69, 9.17) is 0 Å². The SMILES string of the molecule is CN1C2CCC1CC(C(O)c1cccs1)C2. The molecule has 2 aliphatic heterocycles. The number of hydrogen-bond acceptors (Lipinski definition) is 3. The zero-order valence-corrected chi connectivity index (χ0v) is 10.5. The first-order valence-electron chi connectivity index (χ1n) is 6.19. The number of fused-ring (bicyclic) bond motifs is 2. The molecule has 2 saturated heterocycles. The Morgan fingerprint density at radius 1 is 1.38 bits per heavy atom. The summed E-state index contributed by atoms with van der Waals surface area (Å²) in [5.74, 6) is 0.479. The van der Waals surface area contributed by atoms with Gasteiger partial charge in [-0.1, -0.05) is 6.07 Å². The van der Waals surface area contributed by atoms with Crippen LogP contribution in [0.1, 0.15) is 36.7 Å². The van der Waals surface area contributed by atoms with E-state index in [1.165, 1.54) is 25.7 Å². The fraction of sp³-hybridized carbons (Fsp3) is 0.692. The maximum absolute atomic E-state index is 10.4. The molecule has 88 valence electrons. The fourth-order valence-corrected chi connectivity index (χ4v) is 4.21. The van der Waals surface area contributed by atoms with Crippen LogP contribution >= 0.6 is 11.3 Å². The molecule has 0 aromatic carbocycles. The highest BCUT2D eigenvalue weighted by molar-refractivity contribution is 7.10.